The van der Waals surface area contributed by atoms with Gasteiger partial charge >= 0.3 is 5.97 Å². The summed E-state index contributed by atoms with van der Waals surface area (Å²) in [5, 5.41) is 14.0. The Balaban J connectivity index is 1.52. The Morgan fingerprint density at radius 2 is 2.07 bits per heavy atom. The van der Waals surface area contributed by atoms with Crippen LogP contribution in [0.4, 0.5) is 10.1 Å². The van der Waals surface area contributed by atoms with Crippen molar-refractivity contribution in [2.24, 2.45) is 0 Å². The summed E-state index contributed by atoms with van der Waals surface area (Å²) in [5.74, 6) is -1.45. The molecule has 0 atom stereocenters. The van der Waals surface area contributed by atoms with Crippen LogP contribution >= 0.6 is 0 Å². The van der Waals surface area contributed by atoms with Gasteiger partial charge < -0.3 is 24.6 Å². The summed E-state index contributed by atoms with van der Waals surface area (Å²) in [4.78, 5) is 15.8. The van der Waals surface area contributed by atoms with Crippen molar-refractivity contribution in [2.45, 2.75) is 63.3 Å². The molecule has 2 fully saturated rings. The molecule has 1 aliphatic heterocycles. The van der Waals surface area contributed by atoms with Crippen LogP contribution in [0.5, 0.6) is 0 Å². The number of nitrogens with one attached hydrogen (secondary N) is 1. The van der Waals surface area contributed by atoms with E-state index in [1.807, 2.05) is 6.92 Å². The number of hydrogen-bond acceptors (Lipinski definition) is 7. The van der Waals surface area contributed by atoms with Crippen molar-refractivity contribution < 1.29 is 28.5 Å². The number of carbonyl (C=O) groups excluding carboxylic acids is 1. The summed E-state index contributed by atoms with van der Waals surface area (Å²) in [7, 11) is 0. The van der Waals surface area contributed by atoms with Gasteiger partial charge in [-0.2, -0.15) is 0 Å². The van der Waals surface area contributed by atoms with Crippen LogP contribution < -0.4 is 5.32 Å². The van der Waals surface area contributed by atoms with E-state index >= 15 is 0 Å². The van der Waals surface area contributed by atoms with E-state index in [4.69, 9.17) is 14.2 Å². The highest BCUT2D eigenvalue weighted by atomic mass is 19.1. The lowest BCUT2D eigenvalue weighted by molar-refractivity contribution is -0.202. The number of esters is 1. The zero-order valence-corrected chi connectivity index (χ0v) is 17.5. The molecule has 0 aromatic carbocycles. The molecule has 2 N–H and O–H groups in total. The zero-order chi connectivity index (χ0) is 21.5. The van der Waals surface area contributed by atoms with Crippen LogP contribution in [0.25, 0.3) is 6.08 Å². The first kappa shape index (κ1) is 22.7. The molecule has 3 rings (SSSR count). The van der Waals surface area contributed by atoms with Crippen LogP contribution in [0.1, 0.15) is 57.6 Å². The lowest BCUT2D eigenvalue weighted by Gasteiger charge is -2.40. The summed E-state index contributed by atoms with van der Waals surface area (Å²) in [5.41, 5.74) is 0.0880. The maximum Gasteiger partial charge on any atom is 0.330 e. The molecular weight excluding hydrogens is 391 g/mol. The number of halogens is 1. The molecule has 0 bridgehead atoms. The van der Waals surface area contributed by atoms with Gasteiger partial charge in [0.05, 0.1) is 43.0 Å². The summed E-state index contributed by atoms with van der Waals surface area (Å²) >= 11 is 0. The highest BCUT2D eigenvalue weighted by molar-refractivity contribution is 5.87. The van der Waals surface area contributed by atoms with Crippen LogP contribution in [0, 0.1) is 5.82 Å². The average molecular weight is 422 g/mol. The number of carbonyl (C=O) groups is 1. The van der Waals surface area contributed by atoms with Crippen LogP contribution in [0.15, 0.2) is 18.3 Å². The molecule has 1 aromatic heterocycles. The van der Waals surface area contributed by atoms with Crippen molar-refractivity contribution in [3.63, 3.8) is 0 Å². The Morgan fingerprint density at radius 3 is 2.77 bits per heavy atom. The molecule has 1 spiro atoms. The van der Waals surface area contributed by atoms with E-state index in [2.05, 4.69) is 10.3 Å². The van der Waals surface area contributed by atoms with E-state index in [1.165, 1.54) is 18.2 Å². The third kappa shape index (κ3) is 6.23. The maximum absolute atomic E-state index is 13.7. The lowest BCUT2D eigenvalue weighted by atomic mass is 9.79. The Bertz CT molecular complexity index is 739. The van der Waals surface area contributed by atoms with Gasteiger partial charge in [0.25, 0.3) is 0 Å². The number of pyridine rings is 1. The second-order valence-corrected chi connectivity index (χ2v) is 7.95. The molecule has 8 heteroatoms. The first-order valence-corrected chi connectivity index (χ1v) is 10.7. The van der Waals surface area contributed by atoms with Crippen LogP contribution in [-0.4, -0.2) is 53.8 Å². The van der Waals surface area contributed by atoms with Crippen molar-refractivity contribution in [1.29, 1.82) is 0 Å². The van der Waals surface area contributed by atoms with E-state index in [1.54, 1.807) is 0 Å². The Labute approximate surface area is 176 Å². The molecule has 7 nitrogen and oxygen atoms in total. The van der Waals surface area contributed by atoms with Crippen molar-refractivity contribution in [2.75, 3.05) is 31.7 Å². The average Bonchev–Trinajstić information content (AvgIpc) is 3.19. The predicted octanol–water partition coefficient (Wildman–Crippen LogP) is 3.43. The molecule has 1 saturated heterocycles. The molecule has 0 amide bonds. The number of aromatic nitrogens is 1. The second-order valence-electron chi connectivity index (χ2n) is 7.95. The van der Waals surface area contributed by atoms with Gasteiger partial charge in [-0.05, 0) is 31.8 Å². The third-order valence-electron chi connectivity index (χ3n) is 5.67. The van der Waals surface area contributed by atoms with E-state index in [0.29, 0.717) is 69.9 Å². The monoisotopic (exact) mass is 422 g/mol. The topological polar surface area (TPSA) is 89.9 Å². The van der Waals surface area contributed by atoms with Crippen LogP contribution in [0.2, 0.25) is 0 Å². The molecule has 2 aliphatic rings. The van der Waals surface area contributed by atoms with Gasteiger partial charge in [-0.25, -0.2) is 9.18 Å². The summed E-state index contributed by atoms with van der Waals surface area (Å²) in [6, 6.07) is 1.33. The number of ether oxygens (including phenoxy) is 3. The van der Waals surface area contributed by atoms with E-state index < -0.39 is 23.2 Å². The maximum atomic E-state index is 13.7. The highest BCUT2D eigenvalue weighted by Crippen LogP contribution is 2.41. The van der Waals surface area contributed by atoms with Gasteiger partial charge in [-0.15, -0.1) is 0 Å². The van der Waals surface area contributed by atoms with E-state index in [-0.39, 0.29) is 0 Å². The van der Waals surface area contributed by atoms with Crippen molar-refractivity contribution in [1.82, 2.24) is 4.98 Å². The molecule has 30 heavy (non-hydrogen) atoms. The van der Waals surface area contributed by atoms with Crippen molar-refractivity contribution in [3.05, 3.63) is 29.9 Å². The highest BCUT2D eigenvalue weighted by Gasteiger charge is 2.45. The molecule has 1 saturated carbocycles. The fourth-order valence-electron chi connectivity index (χ4n) is 3.80. The molecule has 166 valence electrons. The van der Waals surface area contributed by atoms with Gasteiger partial charge in [0.15, 0.2) is 5.79 Å². The SMILES string of the molecule is CCCCOC(=O)C=Cc1ncc(F)cc1NCCC1(O)CCC2(CC1)OCCO2. The Kier molecular flexibility index (Phi) is 7.80. The number of aliphatic hydroxyl groups is 1. The molecule has 0 unspecified atom stereocenters. The Morgan fingerprint density at radius 1 is 1.33 bits per heavy atom. The lowest BCUT2D eigenvalue weighted by Crippen LogP contribution is -2.44. The summed E-state index contributed by atoms with van der Waals surface area (Å²) in [6.07, 6.45) is 8.66. The number of rotatable bonds is 9. The first-order valence-electron chi connectivity index (χ1n) is 10.7. The van der Waals surface area contributed by atoms with Gasteiger partial charge in [0.1, 0.15) is 5.82 Å². The number of nitrogens with zero attached hydrogens (tertiary/aromatic N) is 1. The minimum Gasteiger partial charge on any atom is -0.463 e. The van der Waals surface area contributed by atoms with Gasteiger partial charge in [-0.3, -0.25) is 4.98 Å². The number of anilines is 1. The third-order valence-corrected chi connectivity index (χ3v) is 5.67. The fraction of sp³-hybridized carbons (Fsp3) is 0.636. The predicted molar refractivity (Wildman–Crippen MR) is 110 cm³/mol. The first-order chi connectivity index (χ1) is 14.4. The molecule has 1 aliphatic carbocycles. The second kappa shape index (κ2) is 10.3. The normalized spacial score (nSPS) is 20.0. The van der Waals surface area contributed by atoms with Gasteiger partial charge in [-0.1, -0.05) is 13.3 Å². The molecular formula is C22H31FN2O5. The molecule has 0 radical (unpaired) electrons. The van der Waals surface area contributed by atoms with E-state index in [9.17, 15) is 14.3 Å². The zero-order valence-electron chi connectivity index (χ0n) is 17.5. The molecule has 2 heterocycles. The van der Waals surface area contributed by atoms with Gasteiger partial charge in [0, 0.05) is 31.5 Å². The van der Waals surface area contributed by atoms with Crippen LogP contribution in [0.3, 0.4) is 0 Å². The Hall–Kier alpha value is -2.03. The number of hydrogen-bond donors (Lipinski definition) is 2. The minimum atomic E-state index is -0.812. The summed E-state index contributed by atoms with van der Waals surface area (Å²) < 4.78 is 30.2. The quantitative estimate of drug-likeness (QED) is 0.358. The van der Waals surface area contributed by atoms with Crippen molar-refractivity contribution in [3.8, 4) is 0 Å². The standard InChI is InChI=1S/C22H31FN2O5/c1-2-3-12-28-20(26)5-4-18-19(15-17(23)16-25-18)24-11-10-21(27)6-8-22(9-7-21)29-13-14-30-22/h4-5,15-16,24,27H,2-3,6-14H2,1H3. The largest absolute Gasteiger partial charge is 0.463 e. The fourth-order valence-corrected chi connectivity index (χ4v) is 3.80. The van der Waals surface area contributed by atoms with Crippen molar-refractivity contribution >= 4 is 17.7 Å². The number of unbranched alkanes of at least 4 members (excludes halogenated alkanes) is 1. The van der Waals surface area contributed by atoms with Crippen LogP contribution in [-0.2, 0) is 19.0 Å². The van der Waals surface area contributed by atoms with E-state index in [0.717, 1.165) is 19.0 Å². The van der Waals surface area contributed by atoms with Gasteiger partial charge in [0.2, 0.25) is 0 Å². The smallest absolute Gasteiger partial charge is 0.330 e. The molecule has 1 aromatic rings. The minimum absolute atomic E-state index is 0.373. The summed E-state index contributed by atoms with van der Waals surface area (Å²) in [6.45, 7) is 4.04.